The second-order valence-corrected chi connectivity index (χ2v) is 4.67. The number of aromatic nitrogens is 2. The average molecular weight is 292 g/mol. The van der Waals surface area contributed by atoms with E-state index in [0.29, 0.717) is 11.6 Å². The Labute approximate surface area is 122 Å². The Bertz CT molecular complexity index is 590. The van der Waals surface area contributed by atoms with E-state index in [4.69, 9.17) is 0 Å². The molecule has 1 heterocycles. The van der Waals surface area contributed by atoms with Crippen molar-refractivity contribution in [3.05, 3.63) is 42.2 Å². The third kappa shape index (κ3) is 4.66. The maximum Gasteiger partial charge on any atom is 0.149 e. The van der Waals surface area contributed by atoms with Gasteiger partial charge in [0.15, 0.2) is 0 Å². The number of benzene rings is 1. The van der Waals surface area contributed by atoms with Gasteiger partial charge in [-0.1, -0.05) is 19.8 Å². The van der Waals surface area contributed by atoms with E-state index in [1.165, 1.54) is 18.5 Å². The van der Waals surface area contributed by atoms with Crippen molar-refractivity contribution in [2.24, 2.45) is 0 Å². The lowest BCUT2D eigenvalue weighted by molar-refractivity contribution is 0.586. The SMILES string of the molecule is CCCCCNc1cc(Nc2ccc(F)cc2F)ncn1. The van der Waals surface area contributed by atoms with Gasteiger partial charge in [0.25, 0.3) is 0 Å². The summed E-state index contributed by atoms with van der Waals surface area (Å²) in [6.07, 6.45) is 4.77. The van der Waals surface area contributed by atoms with E-state index in [0.717, 1.165) is 31.9 Å². The first-order chi connectivity index (χ1) is 10.2. The Morgan fingerprint density at radius 1 is 1.05 bits per heavy atom. The Morgan fingerprint density at radius 3 is 2.62 bits per heavy atom. The second-order valence-electron chi connectivity index (χ2n) is 4.67. The highest BCUT2D eigenvalue weighted by molar-refractivity contribution is 5.59. The number of halogens is 2. The van der Waals surface area contributed by atoms with Gasteiger partial charge in [0.1, 0.15) is 29.6 Å². The smallest absolute Gasteiger partial charge is 0.149 e. The van der Waals surface area contributed by atoms with E-state index in [1.807, 2.05) is 0 Å². The van der Waals surface area contributed by atoms with Crippen molar-refractivity contribution in [3.8, 4) is 0 Å². The fourth-order valence-electron chi connectivity index (χ4n) is 1.84. The third-order valence-corrected chi connectivity index (χ3v) is 2.95. The normalized spacial score (nSPS) is 10.4. The zero-order chi connectivity index (χ0) is 15.1. The molecule has 0 aliphatic carbocycles. The highest BCUT2D eigenvalue weighted by Crippen LogP contribution is 2.20. The summed E-state index contributed by atoms with van der Waals surface area (Å²) >= 11 is 0. The van der Waals surface area contributed by atoms with E-state index in [-0.39, 0.29) is 5.69 Å². The molecule has 0 fully saturated rings. The summed E-state index contributed by atoms with van der Waals surface area (Å²) < 4.78 is 26.4. The molecule has 0 unspecified atom stereocenters. The molecular weight excluding hydrogens is 274 g/mol. The molecule has 1 aromatic heterocycles. The largest absolute Gasteiger partial charge is 0.370 e. The number of anilines is 3. The molecule has 0 spiro atoms. The van der Waals surface area contributed by atoms with Crippen LogP contribution in [0.25, 0.3) is 0 Å². The molecule has 0 saturated carbocycles. The van der Waals surface area contributed by atoms with Crippen LogP contribution in [0.15, 0.2) is 30.6 Å². The summed E-state index contributed by atoms with van der Waals surface area (Å²) in [5.41, 5.74) is 0.173. The minimum absolute atomic E-state index is 0.173. The molecule has 0 aliphatic rings. The Morgan fingerprint density at radius 2 is 1.86 bits per heavy atom. The van der Waals surface area contributed by atoms with Gasteiger partial charge in [0, 0.05) is 18.7 Å². The molecule has 0 amide bonds. The van der Waals surface area contributed by atoms with E-state index < -0.39 is 11.6 Å². The van der Waals surface area contributed by atoms with Gasteiger partial charge >= 0.3 is 0 Å². The van der Waals surface area contributed by atoms with Crippen LogP contribution < -0.4 is 10.6 Å². The maximum absolute atomic E-state index is 13.6. The van der Waals surface area contributed by atoms with Crippen LogP contribution in [0.1, 0.15) is 26.2 Å². The van der Waals surface area contributed by atoms with Gasteiger partial charge in [0.2, 0.25) is 0 Å². The lowest BCUT2D eigenvalue weighted by Crippen LogP contribution is -2.05. The van der Waals surface area contributed by atoms with Crippen LogP contribution in [0.2, 0.25) is 0 Å². The van der Waals surface area contributed by atoms with Crippen LogP contribution in [0.4, 0.5) is 26.1 Å². The van der Waals surface area contributed by atoms with Gasteiger partial charge in [-0.15, -0.1) is 0 Å². The van der Waals surface area contributed by atoms with Gasteiger partial charge in [-0.25, -0.2) is 18.7 Å². The lowest BCUT2D eigenvalue weighted by atomic mass is 10.2. The van der Waals surface area contributed by atoms with Crippen molar-refractivity contribution in [1.82, 2.24) is 9.97 Å². The fraction of sp³-hybridized carbons (Fsp3) is 0.333. The molecular formula is C15H18F2N4. The second kappa shape index (κ2) is 7.52. The number of unbranched alkanes of at least 4 members (excludes halogenated alkanes) is 2. The molecule has 0 radical (unpaired) electrons. The van der Waals surface area contributed by atoms with Crippen LogP contribution in [0.3, 0.4) is 0 Å². The lowest BCUT2D eigenvalue weighted by Gasteiger charge is -2.09. The van der Waals surface area contributed by atoms with Crippen molar-refractivity contribution in [3.63, 3.8) is 0 Å². The first-order valence-electron chi connectivity index (χ1n) is 6.97. The van der Waals surface area contributed by atoms with Gasteiger partial charge in [-0.05, 0) is 18.6 Å². The molecule has 2 N–H and O–H groups in total. The molecule has 1 aromatic carbocycles. The average Bonchev–Trinajstić information content (AvgIpc) is 2.47. The quantitative estimate of drug-likeness (QED) is 0.754. The van der Waals surface area contributed by atoms with Crippen LogP contribution in [-0.4, -0.2) is 16.5 Å². The number of nitrogens with one attached hydrogen (secondary N) is 2. The Kier molecular flexibility index (Phi) is 5.43. The minimum atomic E-state index is -0.661. The number of hydrogen-bond acceptors (Lipinski definition) is 4. The summed E-state index contributed by atoms with van der Waals surface area (Å²) in [4.78, 5) is 8.12. The fourth-order valence-corrected chi connectivity index (χ4v) is 1.84. The highest BCUT2D eigenvalue weighted by atomic mass is 19.1. The third-order valence-electron chi connectivity index (χ3n) is 2.95. The predicted molar refractivity (Wildman–Crippen MR) is 79.7 cm³/mol. The standard InChI is InChI=1S/C15H18F2N4/c1-2-3-4-7-18-14-9-15(20-10-19-14)21-13-6-5-11(16)8-12(13)17/h5-6,8-10H,2-4,7H2,1H3,(H2,18,19,20,21). The molecule has 2 aromatic rings. The molecule has 21 heavy (non-hydrogen) atoms. The van der Waals surface area contributed by atoms with Crippen LogP contribution in [-0.2, 0) is 0 Å². The topological polar surface area (TPSA) is 49.8 Å². The van der Waals surface area contributed by atoms with Crippen molar-refractivity contribution >= 4 is 17.3 Å². The molecule has 2 rings (SSSR count). The first-order valence-corrected chi connectivity index (χ1v) is 6.97. The Balaban J connectivity index is 2.00. The van der Waals surface area contributed by atoms with E-state index >= 15 is 0 Å². The van der Waals surface area contributed by atoms with Crippen molar-refractivity contribution in [2.45, 2.75) is 26.2 Å². The predicted octanol–water partition coefficient (Wildman–Crippen LogP) is 4.10. The summed E-state index contributed by atoms with van der Waals surface area (Å²) in [7, 11) is 0. The van der Waals surface area contributed by atoms with Gasteiger partial charge < -0.3 is 10.6 Å². The van der Waals surface area contributed by atoms with Crippen LogP contribution in [0.5, 0.6) is 0 Å². The molecule has 4 nitrogen and oxygen atoms in total. The molecule has 6 heteroatoms. The first kappa shape index (κ1) is 15.2. The zero-order valence-electron chi connectivity index (χ0n) is 11.9. The van der Waals surface area contributed by atoms with Crippen molar-refractivity contribution in [1.29, 1.82) is 0 Å². The van der Waals surface area contributed by atoms with Gasteiger partial charge in [-0.2, -0.15) is 0 Å². The molecule has 112 valence electrons. The zero-order valence-corrected chi connectivity index (χ0v) is 11.9. The minimum Gasteiger partial charge on any atom is -0.370 e. The highest BCUT2D eigenvalue weighted by Gasteiger charge is 2.05. The molecule has 0 saturated heterocycles. The van der Waals surface area contributed by atoms with E-state index in [9.17, 15) is 8.78 Å². The van der Waals surface area contributed by atoms with E-state index in [2.05, 4.69) is 27.5 Å². The summed E-state index contributed by atoms with van der Waals surface area (Å²) in [6.45, 7) is 2.97. The van der Waals surface area contributed by atoms with Gasteiger partial charge in [-0.3, -0.25) is 0 Å². The molecule has 0 atom stereocenters. The maximum atomic E-state index is 13.6. The van der Waals surface area contributed by atoms with E-state index in [1.54, 1.807) is 6.07 Å². The number of nitrogens with zero attached hydrogens (tertiary/aromatic N) is 2. The van der Waals surface area contributed by atoms with Gasteiger partial charge in [0.05, 0.1) is 5.69 Å². The van der Waals surface area contributed by atoms with Crippen molar-refractivity contribution in [2.75, 3.05) is 17.2 Å². The van der Waals surface area contributed by atoms with Crippen LogP contribution in [0, 0.1) is 11.6 Å². The van der Waals surface area contributed by atoms with Crippen LogP contribution >= 0.6 is 0 Å². The summed E-state index contributed by atoms with van der Waals surface area (Å²) in [6, 6.07) is 5.04. The monoisotopic (exact) mass is 292 g/mol. The molecule has 0 bridgehead atoms. The van der Waals surface area contributed by atoms with Crippen molar-refractivity contribution < 1.29 is 8.78 Å². The summed E-state index contributed by atoms with van der Waals surface area (Å²) in [5.74, 6) is -0.148. The molecule has 0 aliphatic heterocycles. The Hall–Kier alpha value is -2.24. The summed E-state index contributed by atoms with van der Waals surface area (Å²) in [5, 5.41) is 5.99. The number of rotatable bonds is 7. The number of hydrogen-bond donors (Lipinski definition) is 2.